The van der Waals surface area contributed by atoms with Gasteiger partial charge in [-0.25, -0.2) is 0 Å². The Morgan fingerprint density at radius 3 is 1.33 bits per heavy atom. The molecule has 5 nitrogen and oxygen atoms in total. The number of hydrogen-bond donors (Lipinski definition) is 0. The molecule has 0 aromatic carbocycles. The molecule has 0 unspecified atom stereocenters. The van der Waals surface area contributed by atoms with Crippen LogP contribution in [0.15, 0.2) is 0 Å². The Bertz CT molecular complexity index is 73.8. The van der Waals surface area contributed by atoms with E-state index in [1.54, 1.807) is 0 Å². The molecule has 0 aliphatic rings. The summed E-state index contributed by atoms with van der Waals surface area (Å²) in [4.78, 5) is 17.7. The molecule has 0 saturated heterocycles. The summed E-state index contributed by atoms with van der Waals surface area (Å²) in [5, 5.41) is 14.8. The summed E-state index contributed by atoms with van der Waals surface area (Å²) in [7, 11) is 0. The largest absolute Gasteiger partial charge is 1.00 e. The third kappa shape index (κ3) is 1400. The topological polar surface area (TPSA) is 83.3 Å². The molecule has 0 radical (unpaired) electrons. The molecule has 0 rings (SSSR count). The zero-order chi connectivity index (χ0) is 7.15. The average molecular weight is 159 g/mol. The second-order valence-electron chi connectivity index (χ2n) is 1.13. The number of Topliss-reactive ketones (excluding diaryl/α,β-unsaturated/α-hetero) is 1. The number of nitrogens with zero attached hydrogens (tertiary/aromatic N) is 1. The summed E-state index contributed by atoms with van der Waals surface area (Å²) in [5.41, 5.74) is 0. The van der Waals surface area contributed by atoms with Crippen LogP contribution in [0.3, 0.4) is 0 Å². The van der Waals surface area contributed by atoms with Crippen molar-refractivity contribution in [2.75, 3.05) is 0 Å². The van der Waals surface area contributed by atoms with Crippen LogP contribution in [-0.4, -0.2) is 10.9 Å². The number of ketones is 1. The van der Waals surface area contributed by atoms with Gasteiger partial charge in [0.15, 0.2) is 0 Å². The van der Waals surface area contributed by atoms with Crippen LogP contribution in [0.1, 0.15) is 13.8 Å². The van der Waals surface area contributed by atoms with Crippen molar-refractivity contribution in [2.24, 2.45) is 0 Å². The van der Waals surface area contributed by atoms with E-state index < -0.39 is 5.09 Å². The van der Waals surface area contributed by atoms with Crippen molar-refractivity contribution in [3.63, 3.8) is 0 Å². The van der Waals surface area contributed by atoms with Gasteiger partial charge >= 0.3 is 51.4 Å². The summed E-state index contributed by atoms with van der Waals surface area (Å²) < 4.78 is 0. The van der Waals surface area contributed by atoms with Crippen molar-refractivity contribution in [1.29, 1.82) is 0 Å². The normalized spacial score (nSPS) is 5.56. The van der Waals surface area contributed by atoms with Crippen LogP contribution in [0.2, 0.25) is 0 Å². The van der Waals surface area contributed by atoms with Gasteiger partial charge in [0.05, 0.1) is 5.09 Å². The van der Waals surface area contributed by atoms with E-state index in [1.165, 1.54) is 13.8 Å². The van der Waals surface area contributed by atoms with Gasteiger partial charge < -0.3 is 20.1 Å². The van der Waals surface area contributed by atoms with Crippen molar-refractivity contribution in [1.82, 2.24) is 0 Å². The van der Waals surface area contributed by atoms with E-state index in [4.69, 9.17) is 15.3 Å². The second kappa shape index (κ2) is 11.3. The van der Waals surface area contributed by atoms with E-state index in [0.717, 1.165) is 0 Å². The van der Waals surface area contributed by atoms with Crippen molar-refractivity contribution >= 4 is 5.78 Å². The van der Waals surface area contributed by atoms with Gasteiger partial charge in [0.2, 0.25) is 0 Å². The number of hydrogen-bond acceptors (Lipinski definition) is 4. The number of rotatable bonds is 0. The molecule has 0 atom stereocenters. The van der Waals surface area contributed by atoms with Crippen LogP contribution in [0, 0.1) is 15.3 Å². The fourth-order valence-electron chi connectivity index (χ4n) is 0. The zero-order valence-corrected chi connectivity index (χ0v) is 8.70. The minimum Gasteiger partial charge on any atom is -0.356 e. The molecule has 0 saturated carbocycles. The molecule has 0 aliphatic carbocycles. The minimum absolute atomic E-state index is 0. The van der Waals surface area contributed by atoms with E-state index in [9.17, 15) is 4.79 Å². The van der Waals surface area contributed by atoms with Crippen molar-refractivity contribution in [3.8, 4) is 0 Å². The summed E-state index contributed by atoms with van der Waals surface area (Å²) >= 11 is 0. The standard InChI is InChI=1S/C3H6O.K.NO3/c1-3(2)4;;2-1(3)4/h1-2H3;;/q;+1;-1. The first kappa shape index (κ1) is 16.2. The summed E-state index contributed by atoms with van der Waals surface area (Å²) in [6, 6.07) is 0. The maximum Gasteiger partial charge on any atom is 1.00 e. The molecule has 0 N–H and O–H groups in total. The van der Waals surface area contributed by atoms with E-state index in [0.29, 0.717) is 0 Å². The van der Waals surface area contributed by atoms with Gasteiger partial charge in [-0.1, -0.05) is 0 Å². The smallest absolute Gasteiger partial charge is 0.356 e. The van der Waals surface area contributed by atoms with Crippen LogP contribution < -0.4 is 51.4 Å². The molecular formula is C3H6KNO4. The van der Waals surface area contributed by atoms with Gasteiger partial charge in [-0.2, -0.15) is 0 Å². The molecule has 0 bridgehead atoms. The van der Waals surface area contributed by atoms with Gasteiger partial charge in [0.1, 0.15) is 5.78 Å². The Morgan fingerprint density at radius 2 is 1.33 bits per heavy atom. The molecule has 0 fully saturated rings. The Balaban J connectivity index is -0.0000000720. The second-order valence-corrected chi connectivity index (χ2v) is 1.13. The summed E-state index contributed by atoms with van der Waals surface area (Å²) in [6.07, 6.45) is 0. The van der Waals surface area contributed by atoms with Gasteiger partial charge in [-0.05, 0) is 13.8 Å². The monoisotopic (exact) mass is 159 g/mol. The van der Waals surface area contributed by atoms with Gasteiger partial charge in [0.25, 0.3) is 0 Å². The van der Waals surface area contributed by atoms with Crippen LogP contribution >= 0.6 is 0 Å². The van der Waals surface area contributed by atoms with E-state index in [2.05, 4.69) is 0 Å². The maximum atomic E-state index is 9.44. The fourth-order valence-corrected chi connectivity index (χ4v) is 0. The van der Waals surface area contributed by atoms with E-state index in [1.807, 2.05) is 0 Å². The van der Waals surface area contributed by atoms with Crippen molar-refractivity contribution in [3.05, 3.63) is 15.3 Å². The SMILES string of the molecule is CC(C)=O.O=[N+]([O-])[O-].[K+]. The minimum atomic E-state index is -1.75. The summed E-state index contributed by atoms with van der Waals surface area (Å²) in [5.74, 6) is 0.167. The van der Waals surface area contributed by atoms with Crippen LogP contribution in [0.25, 0.3) is 0 Å². The van der Waals surface area contributed by atoms with Crippen LogP contribution in [-0.2, 0) is 4.79 Å². The third-order valence-corrected chi connectivity index (χ3v) is 0. The predicted molar refractivity (Wildman–Crippen MR) is 26.7 cm³/mol. The van der Waals surface area contributed by atoms with Gasteiger partial charge in [0, 0.05) is 0 Å². The Kier molecular flexibility index (Phi) is 20.4. The molecular weight excluding hydrogens is 153 g/mol. The molecule has 0 aromatic heterocycles. The number of carbonyl (C=O) groups excluding carboxylic acids is 1. The first-order valence-corrected chi connectivity index (χ1v) is 1.75. The molecule has 0 spiro atoms. The fraction of sp³-hybridized carbons (Fsp3) is 0.667. The molecule has 0 heterocycles. The summed E-state index contributed by atoms with van der Waals surface area (Å²) in [6.45, 7) is 3.06. The van der Waals surface area contributed by atoms with Gasteiger partial charge in [-0.3, -0.25) is 0 Å². The van der Waals surface area contributed by atoms with Crippen LogP contribution in [0.4, 0.5) is 0 Å². The van der Waals surface area contributed by atoms with Crippen molar-refractivity contribution < 1.29 is 61.3 Å². The maximum absolute atomic E-state index is 9.44. The molecule has 9 heavy (non-hydrogen) atoms. The molecule has 48 valence electrons. The third-order valence-electron chi connectivity index (χ3n) is 0. The Morgan fingerprint density at radius 1 is 1.33 bits per heavy atom. The van der Waals surface area contributed by atoms with Crippen LogP contribution in [0.5, 0.6) is 0 Å². The molecule has 6 heteroatoms. The predicted octanol–water partition coefficient (Wildman–Crippen LogP) is -2.64. The van der Waals surface area contributed by atoms with E-state index >= 15 is 0 Å². The van der Waals surface area contributed by atoms with Crippen molar-refractivity contribution in [2.45, 2.75) is 13.8 Å². The van der Waals surface area contributed by atoms with E-state index in [-0.39, 0.29) is 57.2 Å². The Labute approximate surface area is 95.0 Å². The Hall–Kier alpha value is 0.506. The first-order chi connectivity index (χ1) is 3.46. The quantitative estimate of drug-likeness (QED) is 0.220. The zero-order valence-electron chi connectivity index (χ0n) is 5.58. The molecule has 0 aliphatic heterocycles. The first-order valence-electron chi connectivity index (χ1n) is 1.75. The molecule has 0 amide bonds. The van der Waals surface area contributed by atoms with Gasteiger partial charge in [-0.15, -0.1) is 0 Å². The number of carbonyl (C=O) groups is 1. The molecule has 0 aromatic rings. The average Bonchev–Trinajstić information content (AvgIpc) is 1.25.